The summed E-state index contributed by atoms with van der Waals surface area (Å²) in [5, 5.41) is 0. The molecule has 2 aromatic rings. The van der Waals surface area contributed by atoms with Crippen LogP contribution < -0.4 is 0 Å². The van der Waals surface area contributed by atoms with Crippen molar-refractivity contribution < 1.29 is 9.53 Å². The second-order valence-electron chi connectivity index (χ2n) is 3.71. The van der Waals surface area contributed by atoms with E-state index in [0.717, 1.165) is 15.1 Å². The summed E-state index contributed by atoms with van der Waals surface area (Å²) in [6.07, 6.45) is 1.68. The molecular weight excluding hydrogens is 326 g/mol. The molecule has 1 aromatic carbocycles. The Morgan fingerprint density at radius 2 is 2.11 bits per heavy atom. The Kier molecular flexibility index (Phi) is 4.99. The fraction of sp³-hybridized carbons (Fsp3) is 0.143. The van der Waals surface area contributed by atoms with Crippen LogP contribution in [-0.4, -0.2) is 18.1 Å². The number of carbonyl (C=O) groups excluding carboxylic acids is 1. The average molecular weight is 338 g/mol. The number of esters is 1. The number of aromatic nitrogens is 1. The summed E-state index contributed by atoms with van der Waals surface area (Å²) in [6, 6.07) is 11.4. The largest absolute Gasteiger partial charge is 0.465 e. The highest BCUT2D eigenvalue weighted by Gasteiger charge is 2.12. The molecule has 0 aliphatic heterocycles. The van der Waals surface area contributed by atoms with Crippen LogP contribution in [0.5, 0.6) is 0 Å². The lowest BCUT2D eigenvalue weighted by atomic mass is 10.2. The van der Waals surface area contributed by atoms with Crippen molar-refractivity contribution in [2.24, 2.45) is 0 Å². The van der Waals surface area contributed by atoms with Crippen molar-refractivity contribution in [3.05, 3.63) is 58.3 Å². The van der Waals surface area contributed by atoms with Crippen LogP contribution in [0, 0.1) is 0 Å². The Balaban J connectivity index is 2.16. The lowest BCUT2D eigenvalue weighted by molar-refractivity contribution is 0.0599. The van der Waals surface area contributed by atoms with Crippen molar-refractivity contribution in [2.75, 3.05) is 7.11 Å². The van der Waals surface area contributed by atoms with Crippen LogP contribution >= 0.6 is 27.7 Å². The van der Waals surface area contributed by atoms with Gasteiger partial charge in [-0.1, -0.05) is 12.1 Å². The Morgan fingerprint density at radius 3 is 2.84 bits per heavy atom. The van der Waals surface area contributed by atoms with Crippen LogP contribution in [0.15, 0.2) is 52.0 Å². The highest BCUT2D eigenvalue weighted by Crippen LogP contribution is 2.29. The van der Waals surface area contributed by atoms with Gasteiger partial charge in [0.15, 0.2) is 0 Å². The zero-order valence-corrected chi connectivity index (χ0v) is 12.7. The number of nitrogens with zero attached hydrogens (tertiary/aromatic N) is 1. The van der Waals surface area contributed by atoms with E-state index < -0.39 is 0 Å². The molecule has 19 heavy (non-hydrogen) atoms. The number of carbonyl (C=O) groups is 1. The van der Waals surface area contributed by atoms with Gasteiger partial charge in [-0.3, -0.25) is 4.98 Å². The minimum Gasteiger partial charge on any atom is -0.465 e. The summed E-state index contributed by atoms with van der Waals surface area (Å²) in [6.45, 7) is 0. The molecule has 0 bridgehead atoms. The Hall–Kier alpha value is -1.33. The number of ether oxygens (including phenoxy) is 1. The molecule has 0 amide bonds. The van der Waals surface area contributed by atoms with Crippen LogP contribution in [-0.2, 0) is 10.5 Å². The molecule has 3 nitrogen and oxygen atoms in total. The summed E-state index contributed by atoms with van der Waals surface area (Å²) in [7, 11) is 1.38. The van der Waals surface area contributed by atoms with Crippen molar-refractivity contribution in [1.29, 1.82) is 0 Å². The topological polar surface area (TPSA) is 39.2 Å². The van der Waals surface area contributed by atoms with E-state index >= 15 is 0 Å². The number of pyridine rings is 1. The van der Waals surface area contributed by atoms with E-state index in [4.69, 9.17) is 4.74 Å². The molecule has 0 fully saturated rings. The first-order valence-electron chi connectivity index (χ1n) is 5.62. The summed E-state index contributed by atoms with van der Waals surface area (Å²) < 4.78 is 5.79. The molecule has 98 valence electrons. The number of methoxy groups -OCH3 is 1. The van der Waals surface area contributed by atoms with Crippen LogP contribution in [0.3, 0.4) is 0 Å². The van der Waals surface area contributed by atoms with Gasteiger partial charge in [0.25, 0.3) is 0 Å². The highest BCUT2D eigenvalue weighted by atomic mass is 79.9. The van der Waals surface area contributed by atoms with Crippen molar-refractivity contribution in [3.8, 4) is 0 Å². The lowest BCUT2D eigenvalue weighted by Gasteiger charge is -2.07. The van der Waals surface area contributed by atoms with Crippen molar-refractivity contribution in [3.63, 3.8) is 0 Å². The SMILES string of the molecule is COC(=O)c1cccnc1CSc1ccccc1Br. The van der Waals surface area contributed by atoms with Crippen LogP contribution in [0.25, 0.3) is 0 Å². The van der Waals surface area contributed by atoms with E-state index in [9.17, 15) is 4.79 Å². The molecule has 5 heteroatoms. The van der Waals surface area contributed by atoms with Gasteiger partial charge in [0.2, 0.25) is 0 Å². The fourth-order valence-electron chi connectivity index (χ4n) is 1.56. The molecule has 2 rings (SSSR count). The van der Waals surface area contributed by atoms with Crippen molar-refractivity contribution >= 4 is 33.7 Å². The molecule has 1 heterocycles. The third kappa shape index (κ3) is 3.58. The normalized spacial score (nSPS) is 10.2. The maximum absolute atomic E-state index is 11.6. The third-order valence-electron chi connectivity index (χ3n) is 2.50. The zero-order valence-electron chi connectivity index (χ0n) is 10.3. The van der Waals surface area contributed by atoms with Gasteiger partial charge in [-0.25, -0.2) is 4.79 Å². The summed E-state index contributed by atoms with van der Waals surface area (Å²) in [4.78, 5) is 17.0. The predicted octanol–water partition coefficient (Wildman–Crippen LogP) is 3.92. The van der Waals surface area contributed by atoms with E-state index in [-0.39, 0.29) is 5.97 Å². The predicted molar refractivity (Wildman–Crippen MR) is 79.3 cm³/mol. The first-order valence-corrected chi connectivity index (χ1v) is 7.39. The molecule has 0 radical (unpaired) electrons. The number of hydrogen-bond donors (Lipinski definition) is 0. The summed E-state index contributed by atoms with van der Waals surface area (Å²) >= 11 is 5.12. The average Bonchev–Trinajstić information content (AvgIpc) is 2.46. The van der Waals surface area contributed by atoms with E-state index in [1.165, 1.54) is 7.11 Å². The second-order valence-corrected chi connectivity index (χ2v) is 5.58. The fourth-order valence-corrected chi connectivity index (χ4v) is 3.09. The van der Waals surface area contributed by atoms with Gasteiger partial charge in [0, 0.05) is 21.3 Å². The maximum atomic E-state index is 11.6. The van der Waals surface area contributed by atoms with Crippen molar-refractivity contribution in [2.45, 2.75) is 10.6 Å². The van der Waals surface area contributed by atoms with Gasteiger partial charge in [-0.15, -0.1) is 11.8 Å². The smallest absolute Gasteiger partial charge is 0.339 e. The van der Waals surface area contributed by atoms with Gasteiger partial charge in [0.1, 0.15) is 0 Å². The Bertz CT molecular complexity index is 589. The molecule has 1 aromatic heterocycles. The van der Waals surface area contributed by atoms with E-state index in [1.54, 1.807) is 30.1 Å². The van der Waals surface area contributed by atoms with Crippen LogP contribution in [0.2, 0.25) is 0 Å². The molecule has 0 atom stereocenters. The number of hydrogen-bond acceptors (Lipinski definition) is 4. The number of benzene rings is 1. The van der Waals surface area contributed by atoms with Crippen molar-refractivity contribution in [1.82, 2.24) is 4.98 Å². The Morgan fingerprint density at radius 1 is 1.32 bits per heavy atom. The van der Waals surface area contributed by atoms with Crippen LogP contribution in [0.1, 0.15) is 16.1 Å². The number of halogens is 1. The molecule has 0 saturated heterocycles. The van der Waals surface area contributed by atoms with Gasteiger partial charge in [-0.05, 0) is 40.2 Å². The van der Waals surface area contributed by atoms with Crippen LogP contribution in [0.4, 0.5) is 0 Å². The van der Waals surface area contributed by atoms with Gasteiger partial charge < -0.3 is 4.74 Å². The maximum Gasteiger partial charge on any atom is 0.339 e. The lowest BCUT2D eigenvalue weighted by Crippen LogP contribution is -2.06. The second kappa shape index (κ2) is 6.73. The molecule has 0 spiro atoms. The molecule has 0 aliphatic carbocycles. The summed E-state index contributed by atoms with van der Waals surface area (Å²) in [5.74, 6) is 0.268. The number of thioether (sulfide) groups is 1. The molecule has 0 unspecified atom stereocenters. The highest BCUT2D eigenvalue weighted by molar-refractivity contribution is 9.10. The number of rotatable bonds is 4. The minimum atomic E-state index is -0.351. The standard InChI is InChI=1S/C14H12BrNO2S/c1-18-14(17)10-5-4-8-16-12(10)9-19-13-7-3-2-6-11(13)15/h2-8H,9H2,1H3. The van der Waals surface area contributed by atoms with Gasteiger partial charge in [-0.2, -0.15) is 0 Å². The quantitative estimate of drug-likeness (QED) is 0.626. The first kappa shape index (κ1) is 14.1. The van der Waals surface area contributed by atoms with Gasteiger partial charge in [0.05, 0.1) is 18.4 Å². The molecular formula is C14H12BrNO2S. The molecule has 0 N–H and O–H groups in total. The Labute approximate surface area is 124 Å². The van der Waals surface area contributed by atoms with Gasteiger partial charge >= 0.3 is 5.97 Å². The van der Waals surface area contributed by atoms with E-state index in [0.29, 0.717) is 11.3 Å². The monoisotopic (exact) mass is 337 g/mol. The van der Waals surface area contributed by atoms with E-state index in [2.05, 4.69) is 20.9 Å². The molecule has 0 aliphatic rings. The van der Waals surface area contributed by atoms with E-state index in [1.807, 2.05) is 24.3 Å². The zero-order chi connectivity index (χ0) is 13.7. The third-order valence-corrected chi connectivity index (χ3v) is 4.54. The summed E-state index contributed by atoms with van der Waals surface area (Å²) in [5.41, 5.74) is 1.25. The minimum absolute atomic E-state index is 0.351. The first-order chi connectivity index (χ1) is 9.22. The molecule has 0 saturated carbocycles.